The Morgan fingerprint density at radius 3 is 2.86 bits per heavy atom. The Morgan fingerprint density at radius 1 is 1.41 bits per heavy atom. The van der Waals surface area contributed by atoms with Gasteiger partial charge in [-0.25, -0.2) is 0 Å². The zero-order valence-electron chi connectivity index (χ0n) is 12.4. The first-order chi connectivity index (χ1) is 10.5. The fourth-order valence-corrected chi connectivity index (χ4v) is 2.70. The maximum Gasteiger partial charge on any atom is 0.322 e. The van der Waals surface area contributed by atoms with E-state index >= 15 is 0 Å². The molecule has 114 valence electrons. The van der Waals surface area contributed by atoms with Crippen LogP contribution in [0, 0.1) is 6.92 Å². The van der Waals surface area contributed by atoms with E-state index in [1.807, 2.05) is 38.3 Å². The van der Waals surface area contributed by atoms with Crippen LogP contribution in [0.2, 0.25) is 0 Å². The normalized spacial score (nSPS) is 11.1. The molecule has 0 atom stereocenters. The number of rotatable bonds is 4. The molecule has 3 aromatic rings. The van der Waals surface area contributed by atoms with Crippen LogP contribution in [0.3, 0.4) is 0 Å². The molecule has 1 amide bonds. The Bertz CT molecular complexity index is 788. The van der Waals surface area contributed by atoms with Gasteiger partial charge in [0.15, 0.2) is 5.69 Å². The van der Waals surface area contributed by atoms with Crippen LogP contribution >= 0.6 is 11.3 Å². The standard InChI is InChI=1S/C14H15N5O2S/c1-8(2)19-9(3)7-10(18-19)12(20)15-14-17-16-13(21-14)11-5-4-6-22-11/h4-8H,1-3H3,(H,15,17,20). The van der Waals surface area contributed by atoms with E-state index in [0.717, 1.165) is 10.6 Å². The largest absolute Gasteiger partial charge is 0.402 e. The minimum Gasteiger partial charge on any atom is -0.402 e. The van der Waals surface area contributed by atoms with Gasteiger partial charge in [0.1, 0.15) is 0 Å². The SMILES string of the molecule is Cc1cc(C(=O)Nc2nnc(-c3cccs3)o2)nn1C(C)C. The Labute approximate surface area is 131 Å². The van der Waals surface area contributed by atoms with Crippen molar-refractivity contribution in [3.05, 3.63) is 35.0 Å². The summed E-state index contributed by atoms with van der Waals surface area (Å²) >= 11 is 1.49. The molecule has 22 heavy (non-hydrogen) atoms. The number of anilines is 1. The second-order valence-corrected chi connectivity index (χ2v) is 6.00. The summed E-state index contributed by atoms with van der Waals surface area (Å²) in [5.41, 5.74) is 1.24. The van der Waals surface area contributed by atoms with E-state index in [-0.39, 0.29) is 18.0 Å². The first kappa shape index (κ1) is 14.5. The lowest BCUT2D eigenvalue weighted by atomic mass is 10.3. The van der Waals surface area contributed by atoms with Gasteiger partial charge in [-0.1, -0.05) is 11.2 Å². The molecule has 0 unspecified atom stereocenters. The van der Waals surface area contributed by atoms with Crippen LogP contribution < -0.4 is 5.32 Å². The number of nitrogens with zero attached hydrogens (tertiary/aromatic N) is 4. The quantitative estimate of drug-likeness (QED) is 0.799. The molecule has 8 heteroatoms. The molecular weight excluding hydrogens is 302 g/mol. The molecule has 7 nitrogen and oxygen atoms in total. The van der Waals surface area contributed by atoms with Gasteiger partial charge in [0, 0.05) is 11.7 Å². The van der Waals surface area contributed by atoms with Crippen molar-refractivity contribution < 1.29 is 9.21 Å². The van der Waals surface area contributed by atoms with Crippen molar-refractivity contribution in [3.63, 3.8) is 0 Å². The third-order valence-corrected chi connectivity index (χ3v) is 3.88. The van der Waals surface area contributed by atoms with Gasteiger partial charge >= 0.3 is 6.01 Å². The minimum atomic E-state index is -0.371. The molecular formula is C14H15N5O2S. The fraction of sp³-hybridized carbons (Fsp3) is 0.286. The Hall–Kier alpha value is -2.48. The predicted octanol–water partition coefficient (Wildman–Crippen LogP) is 3.14. The lowest BCUT2D eigenvalue weighted by Crippen LogP contribution is -2.14. The van der Waals surface area contributed by atoms with E-state index in [4.69, 9.17) is 4.42 Å². The molecule has 0 aliphatic heterocycles. The van der Waals surface area contributed by atoms with E-state index in [2.05, 4.69) is 20.6 Å². The molecule has 3 rings (SSSR count). The topological polar surface area (TPSA) is 85.8 Å². The molecule has 0 saturated heterocycles. The highest BCUT2D eigenvalue weighted by molar-refractivity contribution is 7.13. The van der Waals surface area contributed by atoms with Gasteiger partial charge in [-0.05, 0) is 38.3 Å². The molecule has 0 fully saturated rings. The smallest absolute Gasteiger partial charge is 0.322 e. The average molecular weight is 317 g/mol. The summed E-state index contributed by atoms with van der Waals surface area (Å²) in [5, 5.41) is 16.5. The zero-order valence-corrected chi connectivity index (χ0v) is 13.2. The van der Waals surface area contributed by atoms with E-state index in [1.54, 1.807) is 10.7 Å². The molecule has 0 spiro atoms. The van der Waals surface area contributed by atoms with Crippen LogP contribution in [0.15, 0.2) is 28.0 Å². The van der Waals surface area contributed by atoms with Gasteiger partial charge in [0.25, 0.3) is 11.8 Å². The number of hydrogen-bond donors (Lipinski definition) is 1. The van der Waals surface area contributed by atoms with Crippen LogP contribution in [0.1, 0.15) is 36.1 Å². The Morgan fingerprint density at radius 2 is 2.23 bits per heavy atom. The summed E-state index contributed by atoms with van der Waals surface area (Å²) in [6.07, 6.45) is 0. The van der Waals surface area contributed by atoms with Crippen molar-refractivity contribution in [2.45, 2.75) is 26.8 Å². The third-order valence-electron chi connectivity index (χ3n) is 3.02. The first-order valence-electron chi connectivity index (χ1n) is 6.79. The van der Waals surface area contributed by atoms with Gasteiger partial charge in [-0.15, -0.1) is 16.4 Å². The highest BCUT2D eigenvalue weighted by atomic mass is 32.1. The summed E-state index contributed by atoms with van der Waals surface area (Å²) in [6, 6.07) is 5.74. The predicted molar refractivity (Wildman–Crippen MR) is 82.9 cm³/mol. The number of carbonyl (C=O) groups excluding carboxylic acids is 1. The number of carbonyl (C=O) groups is 1. The molecule has 0 bridgehead atoms. The van der Waals surface area contributed by atoms with Crippen molar-refractivity contribution >= 4 is 23.3 Å². The first-order valence-corrected chi connectivity index (χ1v) is 7.67. The van der Waals surface area contributed by atoms with Crippen molar-refractivity contribution in [2.24, 2.45) is 0 Å². The molecule has 1 N–H and O–H groups in total. The van der Waals surface area contributed by atoms with Gasteiger partial charge < -0.3 is 4.42 Å². The monoisotopic (exact) mass is 317 g/mol. The van der Waals surface area contributed by atoms with Crippen LogP contribution in [0.25, 0.3) is 10.8 Å². The van der Waals surface area contributed by atoms with E-state index < -0.39 is 0 Å². The Balaban J connectivity index is 1.76. The molecule has 3 aromatic heterocycles. The van der Waals surface area contributed by atoms with Crippen molar-refractivity contribution in [2.75, 3.05) is 5.32 Å². The lowest BCUT2D eigenvalue weighted by Gasteiger charge is -2.06. The third kappa shape index (κ3) is 2.77. The molecule has 3 heterocycles. The summed E-state index contributed by atoms with van der Waals surface area (Å²) < 4.78 is 7.22. The van der Waals surface area contributed by atoms with Crippen LogP contribution in [-0.4, -0.2) is 25.9 Å². The van der Waals surface area contributed by atoms with Crippen LogP contribution in [0.4, 0.5) is 6.01 Å². The second kappa shape index (κ2) is 5.72. The number of hydrogen-bond acceptors (Lipinski definition) is 6. The van der Waals surface area contributed by atoms with Crippen molar-refractivity contribution in [3.8, 4) is 10.8 Å². The lowest BCUT2D eigenvalue weighted by molar-refractivity contribution is 0.101. The maximum atomic E-state index is 12.2. The number of aromatic nitrogens is 4. The number of nitrogens with one attached hydrogen (secondary N) is 1. The summed E-state index contributed by atoms with van der Waals surface area (Å²) in [5.74, 6) is 0.0121. The Kier molecular flexibility index (Phi) is 3.76. The van der Waals surface area contributed by atoms with Crippen molar-refractivity contribution in [1.82, 2.24) is 20.0 Å². The molecule has 0 saturated carbocycles. The number of thiophene rings is 1. The highest BCUT2D eigenvalue weighted by Crippen LogP contribution is 2.24. The minimum absolute atomic E-state index is 0.0603. The molecule has 0 aliphatic carbocycles. The van der Waals surface area contributed by atoms with E-state index in [9.17, 15) is 4.79 Å². The summed E-state index contributed by atoms with van der Waals surface area (Å²) in [6.45, 7) is 5.92. The van der Waals surface area contributed by atoms with Gasteiger partial charge in [0.05, 0.1) is 4.88 Å². The molecule has 0 aromatic carbocycles. The highest BCUT2D eigenvalue weighted by Gasteiger charge is 2.17. The van der Waals surface area contributed by atoms with E-state index in [0.29, 0.717) is 11.6 Å². The summed E-state index contributed by atoms with van der Waals surface area (Å²) in [4.78, 5) is 13.0. The van der Waals surface area contributed by atoms with Gasteiger partial charge in [-0.3, -0.25) is 14.8 Å². The fourth-order valence-electron chi connectivity index (χ4n) is 2.06. The van der Waals surface area contributed by atoms with Gasteiger partial charge in [0.2, 0.25) is 0 Å². The van der Waals surface area contributed by atoms with Crippen LogP contribution in [0.5, 0.6) is 0 Å². The number of aryl methyl sites for hydroxylation is 1. The van der Waals surface area contributed by atoms with E-state index in [1.165, 1.54) is 11.3 Å². The molecule has 0 radical (unpaired) electrons. The molecule has 0 aliphatic rings. The second-order valence-electron chi connectivity index (χ2n) is 5.05. The van der Waals surface area contributed by atoms with Crippen molar-refractivity contribution in [1.29, 1.82) is 0 Å². The van der Waals surface area contributed by atoms with Crippen LogP contribution in [-0.2, 0) is 0 Å². The zero-order chi connectivity index (χ0) is 15.7. The number of amides is 1. The van der Waals surface area contributed by atoms with Gasteiger partial charge in [-0.2, -0.15) is 5.10 Å². The average Bonchev–Trinajstić information content (AvgIpc) is 3.16. The summed E-state index contributed by atoms with van der Waals surface area (Å²) in [7, 11) is 0. The maximum absolute atomic E-state index is 12.2.